The molecule has 9 heteroatoms. The predicted molar refractivity (Wildman–Crippen MR) is 110 cm³/mol. The Labute approximate surface area is 178 Å². The molecule has 1 amide bonds. The largest absolute Gasteiger partial charge is 0.416 e. The molecule has 0 saturated heterocycles. The summed E-state index contributed by atoms with van der Waals surface area (Å²) in [5.41, 5.74) is 0.0262. The van der Waals surface area contributed by atoms with E-state index < -0.39 is 17.8 Å². The molecule has 0 spiro atoms. The number of alkyl halides is 3. The van der Waals surface area contributed by atoms with Gasteiger partial charge in [-0.3, -0.25) is 9.59 Å². The quantitative estimate of drug-likeness (QED) is 0.635. The van der Waals surface area contributed by atoms with Crippen molar-refractivity contribution < 1.29 is 22.8 Å². The zero-order valence-corrected chi connectivity index (χ0v) is 17.9. The van der Waals surface area contributed by atoms with Crippen LogP contribution in [0.25, 0.3) is 0 Å². The lowest BCUT2D eigenvalue weighted by molar-refractivity contribution is -0.138. The topological polar surface area (TPSA) is 84.0 Å². The molecule has 0 radical (unpaired) electrons. The van der Waals surface area contributed by atoms with Crippen LogP contribution < -0.4 is 10.6 Å². The Morgan fingerprint density at radius 1 is 1.26 bits per heavy atom. The SMILES string of the molecule is Cc1nc(C=O)c(CC(=O)NC2(C)CC2)c(NC(C)c2cccc(C(F)(F)F)c2C)n1. The standard InChI is InChI=1S/C22H25F3N4O2/c1-12-15(6-5-7-17(12)22(23,24)25)13(2)26-20-16(18(11-30)27-14(3)28-20)10-19(31)29-21(4)8-9-21/h5-7,11,13H,8-10H2,1-4H3,(H,29,31)(H,26,27,28). The first-order valence-corrected chi connectivity index (χ1v) is 10.0. The fourth-order valence-electron chi connectivity index (χ4n) is 3.57. The summed E-state index contributed by atoms with van der Waals surface area (Å²) in [4.78, 5) is 32.5. The van der Waals surface area contributed by atoms with Crippen molar-refractivity contribution in [1.82, 2.24) is 15.3 Å². The molecule has 2 aromatic rings. The van der Waals surface area contributed by atoms with Crippen LogP contribution in [0.4, 0.5) is 19.0 Å². The number of carbonyl (C=O) groups is 2. The highest BCUT2D eigenvalue weighted by molar-refractivity contribution is 5.86. The number of amides is 1. The van der Waals surface area contributed by atoms with Crippen molar-refractivity contribution in [3.63, 3.8) is 0 Å². The van der Waals surface area contributed by atoms with Crippen LogP contribution in [0.1, 0.15) is 71.3 Å². The Hall–Kier alpha value is -2.97. The number of hydrogen-bond acceptors (Lipinski definition) is 5. The molecule has 1 unspecified atom stereocenters. The average Bonchev–Trinajstić information content (AvgIpc) is 3.39. The van der Waals surface area contributed by atoms with Gasteiger partial charge in [-0.25, -0.2) is 9.97 Å². The number of benzene rings is 1. The third-order valence-corrected chi connectivity index (χ3v) is 5.54. The van der Waals surface area contributed by atoms with Gasteiger partial charge in [0.25, 0.3) is 0 Å². The monoisotopic (exact) mass is 434 g/mol. The van der Waals surface area contributed by atoms with Gasteiger partial charge in [-0.05, 0) is 57.7 Å². The van der Waals surface area contributed by atoms with Crippen LogP contribution in [0.5, 0.6) is 0 Å². The van der Waals surface area contributed by atoms with Crippen LogP contribution in [0, 0.1) is 13.8 Å². The van der Waals surface area contributed by atoms with Gasteiger partial charge < -0.3 is 10.6 Å². The molecule has 1 aliphatic rings. The first-order chi connectivity index (χ1) is 14.4. The fraction of sp³-hybridized carbons (Fsp3) is 0.455. The van der Waals surface area contributed by atoms with Crippen molar-refractivity contribution in [1.29, 1.82) is 0 Å². The summed E-state index contributed by atoms with van der Waals surface area (Å²) in [6, 6.07) is 3.45. The minimum atomic E-state index is -4.46. The number of anilines is 1. The zero-order chi connectivity index (χ0) is 23.0. The Balaban J connectivity index is 1.92. The second-order valence-corrected chi connectivity index (χ2v) is 8.27. The van der Waals surface area contributed by atoms with Gasteiger partial charge in [0.1, 0.15) is 17.3 Å². The van der Waals surface area contributed by atoms with Crippen molar-refractivity contribution in [3.8, 4) is 0 Å². The summed E-state index contributed by atoms with van der Waals surface area (Å²) in [5.74, 6) is 0.312. The summed E-state index contributed by atoms with van der Waals surface area (Å²) >= 11 is 0. The fourth-order valence-corrected chi connectivity index (χ4v) is 3.57. The molecule has 1 heterocycles. The number of aryl methyl sites for hydroxylation is 1. The Bertz CT molecular complexity index is 1020. The van der Waals surface area contributed by atoms with Gasteiger partial charge in [-0.1, -0.05) is 12.1 Å². The van der Waals surface area contributed by atoms with Crippen molar-refractivity contribution in [2.45, 2.75) is 64.7 Å². The molecule has 166 valence electrons. The van der Waals surface area contributed by atoms with Crippen LogP contribution in [0.15, 0.2) is 18.2 Å². The smallest absolute Gasteiger partial charge is 0.363 e. The summed E-state index contributed by atoms with van der Waals surface area (Å²) in [6.07, 6.45) is -2.23. The molecular formula is C22H25F3N4O2. The van der Waals surface area contributed by atoms with Crippen LogP contribution >= 0.6 is 0 Å². The molecule has 3 rings (SSSR count). The van der Waals surface area contributed by atoms with E-state index in [4.69, 9.17) is 0 Å². The van der Waals surface area contributed by atoms with E-state index in [2.05, 4.69) is 20.6 Å². The van der Waals surface area contributed by atoms with Crippen LogP contribution in [0.3, 0.4) is 0 Å². The molecule has 0 aliphatic heterocycles. The number of hydrogen-bond donors (Lipinski definition) is 2. The zero-order valence-electron chi connectivity index (χ0n) is 17.9. The maximum Gasteiger partial charge on any atom is 0.416 e. The van der Waals surface area contributed by atoms with Gasteiger partial charge >= 0.3 is 6.18 Å². The summed E-state index contributed by atoms with van der Waals surface area (Å²) in [7, 11) is 0. The predicted octanol–water partition coefficient (Wildman–Crippen LogP) is 4.31. The first-order valence-electron chi connectivity index (χ1n) is 10.0. The Morgan fingerprint density at radius 3 is 2.52 bits per heavy atom. The lowest BCUT2D eigenvalue weighted by Gasteiger charge is -2.22. The van der Waals surface area contributed by atoms with Crippen molar-refractivity contribution >= 4 is 18.0 Å². The summed E-state index contributed by atoms with van der Waals surface area (Å²) in [6.45, 7) is 6.67. The van der Waals surface area contributed by atoms with E-state index in [1.165, 1.54) is 13.0 Å². The average molecular weight is 434 g/mol. The lowest BCUT2D eigenvalue weighted by Crippen LogP contribution is -2.35. The third-order valence-electron chi connectivity index (χ3n) is 5.54. The van der Waals surface area contributed by atoms with E-state index in [0.29, 0.717) is 23.2 Å². The van der Waals surface area contributed by atoms with E-state index >= 15 is 0 Å². The Morgan fingerprint density at radius 2 is 1.94 bits per heavy atom. The molecule has 1 saturated carbocycles. The number of aldehydes is 1. The van der Waals surface area contributed by atoms with E-state index in [1.807, 2.05) is 6.92 Å². The van der Waals surface area contributed by atoms with E-state index in [1.54, 1.807) is 19.9 Å². The van der Waals surface area contributed by atoms with E-state index in [0.717, 1.165) is 18.9 Å². The molecule has 1 aromatic heterocycles. The molecule has 1 atom stereocenters. The maximum absolute atomic E-state index is 13.3. The highest BCUT2D eigenvalue weighted by Gasteiger charge is 2.39. The van der Waals surface area contributed by atoms with Crippen LogP contribution in [0.2, 0.25) is 0 Å². The third kappa shape index (κ3) is 5.21. The molecule has 1 aliphatic carbocycles. The normalized spacial score (nSPS) is 15.8. The summed E-state index contributed by atoms with van der Waals surface area (Å²) in [5, 5.41) is 6.02. The van der Waals surface area contributed by atoms with Crippen molar-refractivity contribution in [3.05, 3.63) is 52.0 Å². The van der Waals surface area contributed by atoms with Gasteiger partial charge in [0, 0.05) is 11.1 Å². The molecule has 31 heavy (non-hydrogen) atoms. The molecule has 6 nitrogen and oxygen atoms in total. The molecule has 1 aromatic carbocycles. The van der Waals surface area contributed by atoms with E-state index in [9.17, 15) is 22.8 Å². The maximum atomic E-state index is 13.3. The minimum Gasteiger partial charge on any atom is -0.363 e. The molecular weight excluding hydrogens is 409 g/mol. The highest BCUT2D eigenvalue weighted by atomic mass is 19.4. The lowest BCUT2D eigenvalue weighted by atomic mass is 9.97. The Kier molecular flexibility index (Phi) is 6.07. The second kappa shape index (κ2) is 8.28. The van der Waals surface area contributed by atoms with Gasteiger partial charge in [0.2, 0.25) is 5.91 Å². The molecule has 2 N–H and O–H groups in total. The van der Waals surface area contributed by atoms with Gasteiger partial charge in [-0.2, -0.15) is 13.2 Å². The number of nitrogens with one attached hydrogen (secondary N) is 2. The number of nitrogens with zero attached hydrogens (tertiary/aromatic N) is 2. The van der Waals surface area contributed by atoms with E-state index in [-0.39, 0.29) is 34.9 Å². The molecule has 1 fully saturated rings. The van der Waals surface area contributed by atoms with Crippen molar-refractivity contribution in [2.24, 2.45) is 0 Å². The highest BCUT2D eigenvalue weighted by Crippen LogP contribution is 2.36. The second-order valence-electron chi connectivity index (χ2n) is 8.27. The summed E-state index contributed by atoms with van der Waals surface area (Å²) < 4.78 is 39.9. The van der Waals surface area contributed by atoms with Crippen LogP contribution in [-0.4, -0.2) is 27.7 Å². The number of halogens is 3. The van der Waals surface area contributed by atoms with Crippen LogP contribution in [-0.2, 0) is 17.4 Å². The minimum absolute atomic E-state index is 0.0825. The number of carbonyl (C=O) groups excluding carboxylic acids is 2. The molecule has 0 bridgehead atoms. The van der Waals surface area contributed by atoms with Gasteiger partial charge in [0.05, 0.1) is 18.0 Å². The van der Waals surface area contributed by atoms with Gasteiger partial charge in [-0.15, -0.1) is 0 Å². The van der Waals surface area contributed by atoms with Gasteiger partial charge in [0.15, 0.2) is 6.29 Å². The first kappa shape index (κ1) is 22.7. The number of rotatable bonds is 7. The number of aromatic nitrogens is 2. The van der Waals surface area contributed by atoms with Crippen molar-refractivity contribution in [2.75, 3.05) is 5.32 Å².